The van der Waals surface area contributed by atoms with Crippen LogP contribution in [-0.2, 0) is 11.2 Å². The number of aromatic nitrogens is 1. The van der Waals surface area contributed by atoms with Crippen LogP contribution in [-0.4, -0.2) is 17.6 Å². The van der Waals surface area contributed by atoms with Crippen molar-refractivity contribution in [2.45, 2.75) is 33.1 Å². The van der Waals surface area contributed by atoms with Crippen LogP contribution in [0.1, 0.15) is 42.7 Å². The van der Waals surface area contributed by atoms with Gasteiger partial charge in [-0.15, -0.1) is 0 Å². The van der Waals surface area contributed by atoms with E-state index in [9.17, 15) is 4.79 Å². The summed E-state index contributed by atoms with van der Waals surface area (Å²) in [5, 5.41) is 0. The Hall–Kier alpha value is -1.25. The van der Waals surface area contributed by atoms with Crippen LogP contribution in [0.3, 0.4) is 0 Å². The third-order valence-corrected chi connectivity index (χ3v) is 2.11. The molecule has 0 aliphatic heterocycles. The Morgan fingerprint density at radius 1 is 1.50 bits per heavy atom. The number of carbonyl (C=O) groups is 1. The highest BCUT2D eigenvalue weighted by molar-refractivity contribution is 5.89. The lowest BCUT2D eigenvalue weighted by molar-refractivity contribution is 0.0519. The summed E-state index contributed by atoms with van der Waals surface area (Å²) in [6.07, 6.45) is 4.96. The zero-order chi connectivity index (χ0) is 10.4. The molecule has 1 heterocycles. The van der Waals surface area contributed by atoms with E-state index in [2.05, 4.69) is 11.9 Å². The third kappa shape index (κ3) is 2.62. The molecule has 1 aromatic heterocycles. The Kier molecular flexibility index (Phi) is 4.23. The fraction of sp³-hybridized carbons (Fsp3) is 0.545. The standard InChI is InChI=1S/C11H17NO2/c1-3-5-6-9-7-8-12-10(9)11(13)14-4-2/h7-8,12H,3-6H2,1-2H3. The fourth-order valence-corrected chi connectivity index (χ4v) is 1.37. The molecule has 0 saturated heterocycles. The molecule has 14 heavy (non-hydrogen) atoms. The number of nitrogens with one attached hydrogen (secondary N) is 1. The maximum absolute atomic E-state index is 11.4. The van der Waals surface area contributed by atoms with Crippen LogP contribution in [0.15, 0.2) is 12.3 Å². The lowest BCUT2D eigenvalue weighted by Gasteiger charge is -2.02. The molecular formula is C11H17NO2. The van der Waals surface area contributed by atoms with Crippen LogP contribution >= 0.6 is 0 Å². The smallest absolute Gasteiger partial charge is 0.355 e. The number of rotatable bonds is 5. The van der Waals surface area contributed by atoms with Crippen molar-refractivity contribution in [2.24, 2.45) is 0 Å². The Balaban J connectivity index is 2.66. The van der Waals surface area contributed by atoms with E-state index in [4.69, 9.17) is 4.74 Å². The topological polar surface area (TPSA) is 42.1 Å². The number of aryl methyl sites for hydroxylation is 1. The van der Waals surface area contributed by atoms with E-state index in [1.807, 2.05) is 13.0 Å². The minimum atomic E-state index is -0.247. The number of H-pyrrole nitrogens is 1. The number of carbonyl (C=O) groups excluding carboxylic acids is 1. The molecule has 78 valence electrons. The number of hydrogen-bond acceptors (Lipinski definition) is 2. The van der Waals surface area contributed by atoms with E-state index < -0.39 is 0 Å². The lowest BCUT2D eigenvalue weighted by atomic mass is 10.1. The van der Waals surface area contributed by atoms with Gasteiger partial charge in [-0.25, -0.2) is 4.79 Å². The average Bonchev–Trinajstić information content (AvgIpc) is 2.63. The molecule has 1 N–H and O–H groups in total. The van der Waals surface area contributed by atoms with Crippen LogP contribution in [0, 0.1) is 0 Å². The molecule has 0 amide bonds. The minimum Gasteiger partial charge on any atom is -0.461 e. The van der Waals surface area contributed by atoms with Gasteiger partial charge in [-0.1, -0.05) is 13.3 Å². The Morgan fingerprint density at radius 3 is 2.93 bits per heavy atom. The molecule has 1 aromatic rings. The van der Waals surface area contributed by atoms with Gasteiger partial charge >= 0.3 is 5.97 Å². The Bertz CT molecular complexity index is 291. The van der Waals surface area contributed by atoms with Gasteiger partial charge in [0.15, 0.2) is 0 Å². The summed E-state index contributed by atoms with van der Waals surface area (Å²) in [6, 6.07) is 1.95. The third-order valence-electron chi connectivity index (χ3n) is 2.11. The molecule has 3 nitrogen and oxygen atoms in total. The van der Waals surface area contributed by atoms with Crippen LogP contribution < -0.4 is 0 Å². The monoisotopic (exact) mass is 195 g/mol. The van der Waals surface area contributed by atoms with Crippen LogP contribution in [0.5, 0.6) is 0 Å². The molecule has 0 saturated carbocycles. The zero-order valence-electron chi connectivity index (χ0n) is 8.80. The number of hydrogen-bond donors (Lipinski definition) is 1. The van der Waals surface area contributed by atoms with Gasteiger partial charge in [0.2, 0.25) is 0 Å². The van der Waals surface area contributed by atoms with E-state index in [0.717, 1.165) is 24.8 Å². The fourth-order valence-electron chi connectivity index (χ4n) is 1.37. The van der Waals surface area contributed by atoms with Gasteiger partial charge in [-0.2, -0.15) is 0 Å². The second-order valence-corrected chi connectivity index (χ2v) is 3.20. The van der Waals surface area contributed by atoms with Gasteiger partial charge in [0, 0.05) is 6.20 Å². The van der Waals surface area contributed by atoms with E-state index in [-0.39, 0.29) is 5.97 Å². The summed E-state index contributed by atoms with van der Waals surface area (Å²) < 4.78 is 4.94. The predicted octanol–water partition coefficient (Wildman–Crippen LogP) is 2.53. The second kappa shape index (κ2) is 5.47. The summed E-state index contributed by atoms with van der Waals surface area (Å²) in [5.74, 6) is -0.247. The molecular weight excluding hydrogens is 178 g/mol. The number of esters is 1. The average molecular weight is 195 g/mol. The molecule has 0 atom stereocenters. The molecule has 0 aliphatic rings. The summed E-state index contributed by atoms with van der Waals surface area (Å²) in [7, 11) is 0. The SMILES string of the molecule is CCCCc1cc[nH]c1C(=O)OCC. The van der Waals surface area contributed by atoms with Gasteiger partial charge < -0.3 is 9.72 Å². The van der Waals surface area contributed by atoms with Crippen LogP contribution in [0.25, 0.3) is 0 Å². The molecule has 3 heteroatoms. The van der Waals surface area contributed by atoms with Crippen molar-refractivity contribution in [3.63, 3.8) is 0 Å². The van der Waals surface area contributed by atoms with Crippen molar-refractivity contribution in [3.05, 3.63) is 23.5 Å². The van der Waals surface area contributed by atoms with E-state index in [1.54, 1.807) is 6.20 Å². The first-order valence-electron chi connectivity index (χ1n) is 5.13. The molecule has 0 unspecified atom stereocenters. The van der Waals surface area contributed by atoms with Gasteiger partial charge in [0.05, 0.1) is 6.61 Å². The van der Waals surface area contributed by atoms with Crippen molar-refractivity contribution in [2.75, 3.05) is 6.61 Å². The van der Waals surface area contributed by atoms with E-state index in [0.29, 0.717) is 12.3 Å². The van der Waals surface area contributed by atoms with Crippen LogP contribution in [0.2, 0.25) is 0 Å². The van der Waals surface area contributed by atoms with Crippen LogP contribution in [0.4, 0.5) is 0 Å². The summed E-state index contributed by atoms with van der Waals surface area (Å²) >= 11 is 0. The highest BCUT2D eigenvalue weighted by Gasteiger charge is 2.12. The maximum atomic E-state index is 11.4. The molecule has 0 radical (unpaired) electrons. The van der Waals surface area contributed by atoms with Crippen molar-refractivity contribution in [1.82, 2.24) is 4.98 Å². The highest BCUT2D eigenvalue weighted by atomic mass is 16.5. The largest absolute Gasteiger partial charge is 0.461 e. The van der Waals surface area contributed by atoms with Crippen molar-refractivity contribution < 1.29 is 9.53 Å². The number of aromatic amines is 1. The van der Waals surface area contributed by atoms with E-state index in [1.165, 1.54) is 0 Å². The second-order valence-electron chi connectivity index (χ2n) is 3.20. The first-order chi connectivity index (χ1) is 6.79. The maximum Gasteiger partial charge on any atom is 0.355 e. The number of ether oxygens (including phenoxy) is 1. The van der Waals surface area contributed by atoms with E-state index >= 15 is 0 Å². The first kappa shape index (κ1) is 10.8. The summed E-state index contributed by atoms with van der Waals surface area (Å²) in [4.78, 5) is 14.4. The van der Waals surface area contributed by atoms with Gasteiger partial charge in [0.1, 0.15) is 5.69 Å². The van der Waals surface area contributed by atoms with Gasteiger partial charge in [-0.05, 0) is 31.4 Å². The van der Waals surface area contributed by atoms with Crippen molar-refractivity contribution in [1.29, 1.82) is 0 Å². The first-order valence-corrected chi connectivity index (χ1v) is 5.13. The molecule has 0 aliphatic carbocycles. The van der Waals surface area contributed by atoms with Crippen molar-refractivity contribution in [3.8, 4) is 0 Å². The van der Waals surface area contributed by atoms with Gasteiger partial charge in [-0.3, -0.25) is 0 Å². The predicted molar refractivity (Wildman–Crippen MR) is 55.4 cm³/mol. The molecule has 0 fully saturated rings. The molecule has 0 spiro atoms. The molecule has 0 bridgehead atoms. The van der Waals surface area contributed by atoms with Gasteiger partial charge in [0.25, 0.3) is 0 Å². The normalized spacial score (nSPS) is 10.1. The summed E-state index contributed by atoms with van der Waals surface area (Å²) in [5.41, 5.74) is 1.67. The Morgan fingerprint density at radius 2 is 2.29 bits per heavy atom. The highest BCUT2D eigenvalue weighted by Crippen LogP contribution is 2.11. The lowest BCUT2D eigenvalue weighted by Crippen LogP contribution is -2.07. The summed E-state index contributed by atoms with van der Waals surface area (Å²) in [6.45, 7) is 4.37. The molecule has 1 rings (SSSR count). The minimum absolute atomic E-state index is 0.247. The van der Waals surface area contributed by atoms with Crippen molar-refractivity contribution >= 4 is 5.97 Å². The number of unbranched alkanes of at least 4 members (excludes halogenated alkanes) is 1. The quantitative estimate of drug-likeness (QED) is 0.733. The molecule has 0 aromatic carbocycles. The zero-order valence-corrected chi connectivity index (χ0v) is 8.80. The Labute approximate surface area is 84.5 Å².